The summed E-state index contributed by atoms with van der Waals surface area (Å²) in [5, 5.41) is 24.3. The molecule has 2 amide bonds. The summed E-state index contributed by atoms with van der Waals surface area (Å²) in [6.45, 7) is 0.366. The first-order valence-electron chi connectivity index (χ1n) is 11.7. The van der Waals surface area contributed by atoms with Gasteiger partial charge in [-0.15, -0.1) is 0 Å². The summed E-state index contributed by atoms with van der Waals surface area (Å²) in [7, 11) is 0. The van der Waals surface area contributed by atoms with E-state index >= 15 is 0 Å². The number of nitrogens with zero attached hydrogens (tertiary/aromatic N) is 2. The molecule has 1 atom stereocenters. The van der Waals surface area contributed by atoms with Crippen molar-refractivity contribution < 1.29 is 24.6 Å². The number of rotatable bonds is 9. The lowest BCUT2D eigenvalue weighted by Gasteiger charge is -2.15. The predicted molar refractivity (Wildman–Crippen MR) is 140 cm³/mol. The van der Waals surface area contributed by atoms with Gasteiger partial charge in [0.05, 0.1) is 11.9 Å². The molecule has 0 aliphatic carbocycles. The molecular weight excluding hydrogens is 486 g/mol. The van der Waals surface area contributed by atoms with Gasteiger partial charge in [0, 0.05) is 24.1 Å². The van der Waals surface area contributed by atoms with Crippen LogP contribution < -0.4 is 16.4 Å². The number of aromatic hydroxyl groups is 1. The van der Waals surface area contributed by atoms with E-state index in [9.17, 15) is 24.6 Å². The van der Waals surface area contributed by atoms with E-state index in [2.05, 4.69) is 20.6 Å². The molecule has 1 aromatic heterocycles. The number of nitrogen functional groups attached to an aromatic ring is 1. The van der Waals surface area contributed by atoms with Crippen LogP contribution in [-0.2, 0) is 17.8 Å². The number of hydrogen-bond acceptors (Lipinski definition) is 7. The molecule has 38 heavy (non-hydrogen) atoms. The standard InChI is InChI=1S/C28H25N5O5/c29-25-24(27(36)33-22(28(37)38)13-17-9-11-21(34)12-10-17)32-23(16-30-25)19-7-4-8-20(14-19)26(35)31-15-18-5-2-1-3-6-18/h1-12,14,16,22,34H,13,15H2,(H2,29,30)(H,31,35)(H,33,36)(H,37,38). The van der Waals surface area contributed by atoms with E-state index in [0.29, 0.717) is 23.2 Å². The van der Waals surface area contributed by atoms with Crippen LogP contribution in [0.4, 0.5) is 5.82 Å². The molecule has 0 radical (unpaired) electrons. The molecule has 0 bridgehead atoms. The second kappa shape index (κ2) is 11.7. The number of phenols is 1. The largest absolute Gasteiger partial charge is 0.508 e. The van der Waals surface area contributed by atoms with Crippen molar-refractivity contribution in [3.05, 3.63) is 107 Å². The maximum Gasteiger partial charge on any atom is 0.326 e. The number of benzene rings is 3. The van der Waals surface area contributed by atoms with Crippen molar-refractivity contribution in [2.75, 3.05) is 5.73 Å². The Bertz CT molecular complexity index is 1460. The van der Waals surface area contributed by atoms with Crippen LogP contribution in [0.15, 0.2) is 85.1 Å². The van der Waals surface area contributed by atoms with E-state index in [-0.39, 0.29) is 35.3 Å². The molecule has 10 nitrogen and oxygen atoms in total. The minimum atomic E-state index is -1.27. The molecule has 6 N–H and O–H groups in total. The number of hydrogen-bond donors (Lipinski definition) is 5. The molecule has 192 valence electrons. The Morgan fingerprint density at radius 1 is 0.895 bits per heavy atom. The molecule has 4 aromatic rings. The number of carboxylic acid groups (broad SMARTS) is 1. The number of carbonyl (C=O) groups is 3. The van der Waals surface area contributed by atoms with Crippen molar-refractivity contribution in [3.63, 3.8) is 0 Å². The third-order valence-corrected chi connectivity index (χ3v) is 5.71. The lowest BCUT2D eigenvalue weighted by Crippen LogP contribution is -2.43. The van der Waals surface area contributed by atoms with E-state index in [4.69, 9.17) is 5.73 Å². The van der Waals surface area contributed by atoms with Crippen molar-refractivity contribution in [1.82, 2.24) is 20.6 Å². The first-order valence-corrected chi connectivity index (χ1v) is 11.7. The zero-order chi connectivity index (χ0) is 27.1. The van der Waals surface area contributed by atoms with Gasteiger partial charge in [0.25, 0.3) is 11.8 Å². The molecule has 10 heteroatoms. The average molecular weight is 512 g/mol. The summed E-state index contributed by atoms with van der Waals surface area (Å²) >= 11 is 0. The predicted octanol–water partition coefficient (Wildman–Crippen LogP) is 2.79. The summed E-state index contributed by atoms with van der Waals surface area (Å²) < 4.78 is 0. The zero-order valence-corrected chi connectivity index (χ0v) is 20.2. The van der Waals surface area contributed by atoms with Crippen LogP contribution in [0.3, 0.4) is 0 Å². The van der Waals surface area contributed by atoms with Gasteiger partial charge in [0.1, 0.15) is 11.8 Å². The summed E-state index contributed by atoms with van der Waals surface area (Å²) in [6.07, 6.45) is 1.35. The normalized spacial score (nSPS) is 11.4. The summed E-state index contributed by atoms with van der Waals surface area (Å²) in [6, 6.07) is 20.9. The monoisotopic (exact) mass is 511 g/mol. The number of aliphatic carboxylic acids is 1. The van der Waals surface area contributed by atoms with Gasteiger partial charge in [-0.1, -0.05) is 54.6 Å². The van der Waals surface area contributed by atoms with E-state index in [1.165, 1.54) is 18.3 Å². The van der Waals surface area contributed by atoms with Crippen LogP contribution in [0, 0.1) is 0 Å². The second-order valence-corrected chi connectivity index (χ2v) is 8.47. The Kier molecular flexibility index (Phi) is 7.92. The molecule has 0 spiro atoms. The van der Waals surface area contributed by atoms with Crippen LogP contribution >= 0.6 is 0 Å². The van der Waals surface area contributed by atoms with Crippen LogP contribution in [0.1, 0.15) is 32.0 Å². The van der Waals surface area contributed by atoms with Gasteiger partial charge in [-0.05, 0) is 35.4 Å². The first kappa shape index (κ1) is 25.8. The smallest absolute Gasteiger partial charge is 0.326 e. The van der Waals surface area contributed by atoms with Gasteiger partial charge in [-0.25, -0.2) is 14.8 Å². The lowest BCUT2D eigenvalue weighted by atomic mass is 10.1. The molecule has 3 aromatic carbocycles. The van der Waals surface area contributed by atoms with Crippen molar-refractivity contribution in [2.24, 2.45) is 0 Å². The highest BCUT2D eigenvalue weighted by atomic mass is 16.4. The van der Waals surface area contributed by atoms with Gasteiger partial charge >= 0.3 is 5.97 Å². The Balaban J connectivity index is 1.50. The van der Waals surface area contributed by atoms with Crippen molar-refractivity contribution in [1.29, 1.82) is 0 Å². The summed E-state index contributed by atoms with van der Waals surface area (Å²) in [4.78, 5) is 45.8. The summed E-state index contributed by atoms with van der Waals surface area (Å²) in [5.74, 6) is -2.46. The number of carbonyl (C=O) groups excluding carboxylic acids is 2. The SMILES string of the molecule is Nc1ncc(-c2cccc(C(=O)NCc3ccccc3)c2)nc1C(=O)NC(Cc1ccc(O)cc1)C(=O)O. The second-order valence-electron chi connectivity index (χ2n) is 8.47. The topological polar surface area (TPSA) is 168 Å². The highest BCUT2D eigenvalue weighted by molar-refractivity contribution is 5.99. The molecular formula is C28H25N5O5. The number of nitrogens with one attached hydrogen (secondary N) is 2. The fourth-order valence-corrected chi connectivity index (χ4v) is 3.70. The van der Waals surface area contributed by atoms with Crippen LogP contribution in [0.5, 0.6) is 5.75 Å². The summed E-state index contributed by atoms with van der Waals surface area (Å²) in [5.41, 5.74) is 8.42. The molecule has 0 aliphatic heterocycles. The Morgan fingerprint density at radius 3 is 2.34 bits per heavy atom. The van der Waals surface area contributed by atoms with Crippen LogP contribution in [0.25, 0.3) is 11.3 Å². The molecule has 0 aliphatic rings. The minimum absolute atomic E-state index is 0.0193. The maximum absolute atomic E-state index is 12.9. The lowest BCUT2D eigenvalue weighted by molar-refractivity contribution is -0.139. The van der Waals surface area contributed by atoms with Crippen molar-refractivity contribution in [2.45, 2.75) is 19.0 Å². The number of nitrogens with two attached hydrogens (primary N) is 1. The van der Waals surface area contributed by atoms with Gasteiger partial charge in [0.2, 0.25) is 0 Å². The zero-order valence-electron chi connectivity index (χ0n) is 20.2. The quantitative estimate of drug-likeness (QED) is 0.229. The fourth-order valence-electron chi connectivity index (χ4n) is 3.70. The van der Waals surface area contributed by atoms with E-state index < -0.39 is 17.9 Å². The van der Waals surface area contributed by atoms with Gasteiger partial charge in [-0.2, -0.15) is 0 Å². The number of anilines is 1. The van der Waals surface area contributed by atoms with Gasteiger partial charge in [-0.3, -0.25) is 9.59 Å². The highest BCUT2D eigenvalue weighted by Crippen LogP contribution is 2.20. The van der Waals surface area contributed by atoms with E-state index in [1.54, 1.807) is 36.4 Å². The first-order chi connectivity index (χ1) is 18.3. The fraction of sp³-hybridized carbons (Fsp3) is 0.107. The number of amides is 2. The third-order valence-electron chi connectivity index (χ3n) is 5.71. The number of phenolic OH excluding ortho intramolecular Hbond substituents is 1. The van der Waals surface area contributed by atoms with Crippen molar-refractivity contribution in [3.8, 4) is 17.0 Å². The Labute approximate surface area is 218 Å². The Morgan fingerprint density at radius 2 is 1.63 bits per heavy atom. The van der Waals surface area contributed by atoms with Gasteiger partial charge < -0.3 is 26.6 Å². The molecule has 0 fully saturated rings. The molecule has 0 saturated carbocycles. The molecule has 0 saturated heterocycles. The van der Waals surface area contributed by atoms with E-state index in [0.717, 1.165) is 5.56 Å². The molecule has 1 unspecified atom stereocenters. The third kappa shape index (κ3) is 6.49. The Hall–Kier alpha value is -5.25. The van der Waals surface area contributed by atoms with Crippen LogP contribution in [0.2, 0.25) is 0 Å². The molecule has 1 heterocycles. The highest BCUT2D eigenvalue weighted by Gasteiger charge is 2.24. The number of aromatic nitrogens is 2. The maximum atomic E-state index is 12.9. The number of carboxylic acids is 1. The van der Waals surface area contributed by atoms with Crippen LogP contribution in [-0.4, -0.2) is 44.0 Å². The average Bonchev–Trinajstić information content (AvgIpc) is 2.93. The van der Waals surface area contributed by atoms with Crippen molar-refractivity contribution >= 4 is 23.6 Å². The molecule has 4 rings (SSSR count). The van der Waals surface area contributed by atoms with Gasteiger partial charge in [0.15, 0.2) is 11.5 Å². The van der Waals surface area contributed by atoms with E-state index in [1.807, 2.05) is 30.3 Å². The minimum Gasteiger partial charge on any atom is -0.508 e.